The number of nitrogens with one attached hydrogen (secondary N) is 1. The van der Waals surface area contributed by atoms with Crippen LogP contribution in [0.25, 0.3) is 10.6 Å². The number of ether oxygens (including phenoxy) is 1. The number of aromatic nitrogens is 2. The number of anilines is 1. The molecule has 7 nitrogen and oxygen atoms in total. The van der Waals surface area contributed by atoms with Crippen molar-refractivity contribution in [1.29, 1.82) is 0 Å². The van der Waals surface area contributed by atoms with Crippen LogP contribution in [0.15, 0.2) is 34.9 Å². The number of nitrogens with zero attached hydrogens (tertiary/aromatic N) is 2. The van der Waals surface area contributed by atoms with Crippen molar-refractivity contribution < 1.29 is 18.8 Å². The highest BCUT2D eigenvalue weighted by Gasteiger charge is 2.24. The average Bonchev–Trinajstić information content (AvgIpc) is 3.27. The molecule has 8 heteroatoms. The number of amides is 1. The second-order valence-electron chi connectivity index (χ2n) is 6.35. The summed E-state index contributed by atoms with van der Waals surface area (Å²) in [6.07, 6.45) is -0.0331. The summed E-state index contributed by atoms with van der Waals surface area (Å²) in [5.41, 5.74) is 3.39. The Morgan fingerprint density at radius 1 is 1.25 bits per heavy atom. The topological polar surface area (TPSA) is 94.3 Å². The number of carbonyl (C=O) groups is 2. The van der Waals surface area contributed by atoms with Crippen LogP contribution in [0.5, 0.6) is 0 Å². The molecule has 0 spiro atoms. The van der Waals surface area contributed by atoms with Crippen molar-refractivity contribution in [3.63, 3.8) is 0 Å². The van der Waals surface area contributed by atoms with E-state index in [4.69, 9.17) is 9.26 Å². The summed E-state index contributed by atoms with van der Waals surface area (Å²) in [4.78, 5) is 29.5. The summed E-state index contributed by atoms with van der Waals surface area (Å²) in [6, 6.07) is 9.64. The number of thiazole rings is 1. The molecular weight excluding hydrogens is 378 g/mol. The van der Waals surface area contributed by atoms with E-state index in [2.05, 4.69) is 22.4 Å². The molecule has 0 fully saturated rings. The smallest absolute Gasteiger partial charge is 0.351 e. The summed E-state index contributed by atoms with van der Waals surface area (Å²) < 4.78 is 10.2. The van der Waals surface area contributed by atoms with Crippen LogP contribution in [-0.2, 0) is 16.0 Å². The first-order valence-corrected chi connectivity index (χ1v) is 9.71. The lowest BCUT2D eigenvalue weighted by Crippen LogP contribution is -2.29. The molecule has 0 radical (unpaired) electrons. The molecule has 1 aromatic carbocycles. The summed E-state index contributed by atoms with van der Waals surface area (Å²) in [6.45, 7) is 7.08. The molecule has 3 rings (SSSR count). The molecule has 0 aliphatic carbocycles. The lowest BCUT2D eigenvalue weighted by Gasteiger charge is -2.11. The third kappa shape index (κ3) is 4.45. The van der Waals surface area contributed by atoms with E-state index in [0.29, 0.717) is 16.3 Å². The zero-order valence-electron chi connectivity index (χ0n) is 16.1. The fourth-order valence-electron chi connectivity index (χ4n) is 2.51. The third-order valence-electron chi connectivity index (χ3n) is 4.12. The Balaban J connectivity index is 1.68. The molecule has 0 saturated carbocycles. The number of esters is 1. The van der Waals surface area contributed by atoms with Crippen molar-refractivity contribution in [3.05, 3.63) is 52.2 Å². The highest BCUT2D eigenvalue weighted by atomic mass is 32.1. The monoisotopic (exact) mass is 399 g/mol. The van der Waals surface area contributed by atoms with E-state index < -0.39 is 18.0 Å². The maximum atomic E-state index is 12.5. The zero-order valence-corrected chi connectivity index (χ0v) is 16.9. The minimum Gasteiger partial charge on any atom is -0.448 e. The molecular formula is C20H21N3O4S. The summed E-state index contributed by atoms with van der Waals surface area (Å²) in [5.74, 6) is -0.873. The van der Waals surface area contributed by atoms with Gasteiger partial charge in [-0.3, -0.25) is 10.1 Å². The third-order valence-corrected chi connectivity index (χ3v) is 5.31. The molecule has 0 bridgehead atoms. The maximum absolute atomic E-state index is 12.5. The number of benzene rings is 1. The Morgan fingerprint density at radius 2 is 1.96 bits per heavy atom. The Labute approximate surface area is 166 Å². The van der Waals surface area contributed by atoms with Gasteiger partial charge in [-0.2, -0.15) is 0 Å². The number of rotatable bonds is 6. The highest BCUT2D eigenvalue weighted by Crippen LogP contribution is 2.29. The van der Waals surface area contributed by atoms with Crippen molar-refractivity contribution in [1.82, 2.24) is 10.1 Å². The van der Waals surface area contributed by atoms with Gasteiger partial charge in [-0.25, -0.2) is 9.78 Å². The molecule has 1 N–H and O–H groups in total. The summed E-state index contributed by atoms with van der Waals surface area (Å²) >= 11 is 1.25. The molecule has 146 valence electrons. The van der Waals surface area contributed by atoms with Crippen LogP contribution in [0.4, 0.5) is 5.88 Å². The predicted octanol–water partition coefficient (Wildman–Crippen LogP) is 4.16. The first-order chi connectivity index (χ1) is 13.4. The van der Waals surface area contributed by atoms with Gasteiger partial charge in [0.15, 0.2) is 6.10 Å². The molecule has 2 heterocycles. The zero-order chi connectivity index (χ0) is 20.3. The Bertz CT molecular complexity index is 991. The normalized spacial score (nSPS) is 11.9. The fourth-order valence-corrected chi connectivity index (χ4v) is 3.46. The van der Waals surface area contributed by atoms with Gasteiger partial charge in [-0.05, 0) is 32.8 Å². The van der Waals surface area contributed by atoms with Crippen LogP contribution >= 0.6 is 11.3 Å². The van der Waals surface area contributed by atoms with Crippen LogP contribution in [0.2, 0.25) is 0 Å². The predicted molar refractivity (Wildman–Crippen MR) is 106 cm³/mol. The van der Waals surface area contributed by atoms with Gasteiger partial charge in [0.2, 0.25) is 5.88 Å². The number of hydrogen-bond donors (Lipinski definition) is 1. The van der Waals surface area contributed by atoms with E-state index in [9.17, 15) is 9.59 Å². The minimum absolute atomic E-state index is 0.206. The highest BCUT2D eigenvalue weighted by molar-refractivity contribution is 7.17. The second-order valence-corrected chi connectivity index (χ2v) is 7.35. The van der Waals surface area contributed by atoms with E-state index in [1.54, 1.807) is 19.9 Å². The molecule has 28 heavy (non-hydrogen) atoms. The van der Waals surface area contributed by atoms with Gasteiger partial charge in [0, 0.05) is 11.6 Å². The maximum Gasteiger partial charge on any atom is 0.351 e. The van der Waals surface area contributed by atoms with Crippen molar-refractivity contribution in [2.45, 2.75) is 40.2 Å². The Kier molecular flexibility index (Phi) is 5.89. The van der Waals surface area contributed by atoms with Crippen molar-refractivity contribution >= 4 is 29.1 Å². The minimum atomic E-state index is -0.994. The molecule has 0 aliphatic rings. The first-order valence-electron chi connectivity index (χ1n) is 8.89. The Hall–Kier alpha value is -3.00. The van der Waals surface area contributed by atoms with Crippen LogP contribution in [0.3, 0.4) is 0 Å². The van der Waals surface area contributed by atoms with Gasteiger partial charge in [0.1, 0.15) is 9.88 Å². The van der Waals surface area contributed by atoms with Crippen LogP contribution in [-0.4, -0.2) is 28.1 Å². The summed E-state index contributed by atoms with van der Waals surface area (Å²) in [7, 11) is 0. The first kappa shape index (κ1) is 19.8. The van der Waals surface area contributed by atoms with E-state index in [0.717, 1.165) is 17.0 Å². The van der Waals surface area contributed by atoms with E-state index in [1.165, 1.54) is 23.8 Å². The molecule has 1 amide bonds. The molecule has 0 aliphatic heterocycles. The number of carbonyl (C=O) groups excluding carboxylic acids is 2. The van der Waals surface area contributed by atoms with E-state index >= 15 is 0 Å². The average molecular weight is 399 g/mol. The quantitative estimate of drug-likeness (QED) is 0.626. The van der Waals surface area contributed by atoms with E-state index in [1.807, 2.05) is 24.3 Å². The van der Waals surface area contributed by atoms with Crippen LogP contribution in [0, 0.1) is 13.8 Å². The standard InChI is InChI=1S/C20H21N3O4S/c1-5-14-6-8-15(9-7-14)19-21-12(3)17(28-19)20(25)26-13(4)18(24)22-16-10-11(2)23-27-16/h6-10,13H,5H2,1-4H3,(H,22,24). The second kappa shape index (κ2) is 8.35. The molecule has 1 atom stereocenters. The Morgan fingerprint density at radius 3 is 2.57 bits per heavy atom. The largest absolute Gasteiger partial charge is 0.448 e. The van der Waals surface area contributed by atoms with Gasteiger partial charge in [-0.15, -0.1) is 11.3 Å². The van der Waals surface area contributed by atoms with Gasteiger partial charge in [0.05, 0.1) is 11.4 Å². The number of aryl methyl sites for hydroxylation is 3. The van der Waals surface area contributed by atoms with Gasteiger partial charge in [0.25, 0.3) is 5.91 Å². The van der Waals surface area contributed by atoms with Crippen molar-refractivity contribution in [2.75, 3.05) is 5.32 Å². The molecule has 1 unspecified atom stereocenters. The SMILES string of the molecule is CCc1ccc(-c2nc(C)c(C(=O)OC(C)C(=O)Nc3cc(C)no3)s2)cc1. The lowest BCUT2D eigenvalue weighted by molar-refractivity contribution is -0.123. The summed E-state index contributed by atoms with van der Waals surface area (Å²) in [5, 5.41) is 6.94. The molecule has 2 aromatic heterocycles. The van der Waals surface area contributed by atoms with Crippen LogP contribution < -0.4 is 5.32 Å². The van der Waals surface area contributed by atoms with E-state index in [-0.39, 0.29) is 5.88 Å². The molecule has 3 aromatic rings. The van der Waals surface area contributed by atoms with Crippen molar-refractivity contribution in [2.24, 2.45) is 0 Å². The lowest BCUT2D eigenvalue weighted by atomic mass is 10.1. The fraction of sp³-hybridized carbons (Fsp3) is 0.300. The van der Waals surface area contributed by atoms with Crippen LogP contribution in [0.1, 0.15) is 40.5 Å². The van der Waals surface area contributed by atoms with Gasteiger partial charge < -0.3 is 9.26 Å². The van der Waals surface area contributed by atoms with Gasteiger partial charge >= 0.3 is 5.97 Å². The molecule has 0 saturated heterocycles. The van der Waals surface area contributed by atoms with Gasteiger partial charge in [-0.1, -0.05) is 36.3 Å². The number of hydrogen-bond acceptors (Lipinski definition) is 7. The van der Waals surface area contributed by atoms with Crippen molar-refractivity contribution in [3.8, 4) is 10.6 Å².